The average molecular weight is 301 g/mol. The number of halogens is 1. The zero-order valence-corrected chi connectivity index (χ0v) is 11.9. The zero-order valence-electron chi connectivity index (χ0n) is 11.9. The molecule has 2 aromatic rings. The van der Waals surface area contributed by atoms with Gasteiger partial charge in [0.15, 0.2) is 5.76 Å². The number of carbonyl (C=O) groups is 1. The molecule has 3 unspecified atom stereocenters. The molecule has 2 bridgehead atoms. The summed E-state index contributed by atoms with van der Waals surface area (Å²) in [7, 11) is 0. The van der Waals surface area contributed by atoms with Gasteiger partial charge in [0.25, 0.3) is 5.89 Å². The number of carbonyl (C=O) groups excluding carboxylic acids is 1. The third-order valence-corrected chi connectivity index (χ3v) is 4.49. The van der Waals surface area contributed by atoms with E-state index in [0.717, 1.165) is 19.4 Å². The minimum Gasteiger partial charge on any atom is -0.432 e. The maximum Gasteiger partial charge on any atom is 0.307 e. The number of nitrogens with zero attached hydrogens (tertiary/aromatic N) is 1. The van der Waals surface area contributed by atoms with Crippen molar-refractivity contribution in [1.82, 2.24) is 15.6 Å². The largest absolute Gasteiger partial charge is 0.432 e. The smallest absolute Gasteiger partial charge is 0.307 e. The molecule has 1 aromatic heterocycles. The van der Waals surface area contributed by atoms with Crippen LogP contribution in [0.5, 0.6) is 0 Å². The first-order valence-corrected chi connectivity index (χ1v) is 7.45. The van der Waals surface area contributed by atoms with Crippen LogP contribution < -0.4 is 10.6 Å². The highest BCUT2D eigenvalue weighted by Crippen LogP contribution is 2.31. The summed E-state index contributed by atoms with van der Waals surface area (Å²) in [5.74, 6) is 0.246. The number of fused-ring (bicyclic) bond motifs is 2. The highest BCUT2D eigenvalue weighted by molar-refractivity contribution is 5.90. The number of hydrogen-bond donors (Lipinski definition) is 2. The van der Waals surface area contributed by atoms with Crippen molar-refractivity contribution in [2.75, 3.05) is 6.54 Å². The fraction of sp³-hybridized carbons (Fsp3) is 0.375. The standard InChI is InChI=1S/C16H16FN3O2/c17-11-3-1-2-9(4-11)14-8-19-16(22-14)15(21)20-13-6-12-5-10(13)7-18-12/h1-4,8,10,12-13,18H,5-7H2,(H,20,21). The first kappa shape index (κ1) is 13.5. The number of nitrogens with one attached hydrogen (secondary N) is 2. The first-order chi connectivity index (χ1) is 10.7. The van der Waals surface area contributed by atoms with E-state index in [-0.39, 0.29) is 23.7 Å². The van der Waals surface area contributed by atoms with Crippen molar-refractivity contribution in [2.24, 2.45) is 5.92 Å². The lowest BCUT2D eigenvalue weighted by molar-refractivity contribution is 0.0890. The Morgan fingerprint density at radius 1 is 1.41 bits per heavy atom. The van der Waals surface area contributed by atoms with Crippen LogP contribution in [-0.4, -0.2) is 29.5 Å². The van der Waals surface area contributed by atoms with Gasteiger partial charge in [-0.25, -0.2) is 9.37 Å². The summed E-state index contributed by atoms with van der Waals surface area (Å²) in [5.41, 5.74) is 0.565. The minimum atomic E-state index is -0.352. The van der Waals surface area contributed by atoms with Crippen molar-refractivity contribution in [3.63, 3.8) is 0 Å². The molecule has 0 spiro atoms. The van der Waals surface area contributed by atoms with Crippen molar-refractivity contribution < 1.29 is 13.6 Å². The van der Waals surface area contributed by atoms with E-state index in [2.05, 4.69) is 15.6 Å². The van der Waals surface area contributed by atoms with E-state index >= 15 is 0 Å². The normalized spacial score (nSPS) is 26.3. The molecule has 114 valence electrons. The maximum absolute atomic E-state index is 13.2. The van der Waals surface area contributed by atoms with Crippen molar-refractivity contribution >= 4 is 5.91 Å². The molecule has 4 rings (SSSR count). The number of oxazole rings is 1. The minimum absolute atomic E-state index is 0.0231. The van der Waals surface area contributed by atoms with Gasteiger partial charge in [0.05, 0.1) is 6.20 Å². The molecule has 1 aromatic carbocycles. The molecule has 0 radical (unpaired) electrons. The number of aromatic nitrogens is 1. The second-order valence-electron chi connectivity index (χ2n) is 5.96. The number of hydrogen-bond acceptors (Lipinski definition) is 4. The van der Waals surface area contributed by atoms with E-state index in [1.165, 1.54) is 18.3 Å². The van der Waals surface area contributed by atoms with Gasteiger partial charge in [0.2, 0.25) is 0 Å². The topological polar surface area (TPSA) is 67.2 Å². The molecule has 1 amide bonds. The van der Waals surface area contributed by atoms with Gasteiger partial charge in [-0.2, -0.15) is 0 Å². The summed E-state index contributed by atoms with van der Waals surface area (Å²) in [6, 6.07) is 6.72. The number of amides is 1. The van der Waals surface area contributed by atoms with E-state index in [1.54, 1.807) is 12.1 Å². The molecule has 1 saturated carbocycles. The van der Waals surface area contributed by atoms with Crippen molar-refractivity contribution in [3.05, 3.63) is 42.2 Å². The lowest BCUT2D eigenvalue weighted by Gasteiger charge is -2.22. The van der Waals surface area contributed by atoms with Crippen LogP contribution in [0.15, 0.2) is 34.9 Å². The van der Waals surface area contributed by atoms with Gasteiger partial charge in [-0.15, -0.1) is 0 Å². The summed E-state index contributed by atoms with van der Waals surface area (Å²) in [4.78, 5) is 16.2. The molecule has 22 heavy (non-hydrogen) atoms. The molecule has 2 heterocycles. The molecule has 6 heteroatoms. The Bertz CT molecular complexity index is 715. The Morgan fingerprint density at radius 2 is 2.32 bits per heavy atom. The van der Waals surface area contributed by atoms with E-state index in [9.17, 15) is 9.18 Å². The quantitative estimate of drug-likeness (QED) is 0.909. The van der Waals surface area contributed by atoms with Gasteiger partial charge >= 0.3 is 5.91 Å². The summed E-state index contributed by atoms with van der Waals surface area (Å²) >= 11 is 0. The molecule has 5 nitrogen and oxygen atoms in total. The Hall–Kier alpha value is -2.21. The summed E-state index contributed by atoms with van der Waals surface area (Å²) in [6.07, 6.45) is 3.52. The molecule has 3 atom stereocenters. The summed E-state index contributed by atoms with van der Waals surface area (Å²) < 4.78 is 18.7. The third kappa shape index (κ3) is 2.39. The second-order valence-corrected chi connectivity index (χ2v) is 5.96. The van der Waals surface area contributed by atoms with Crippen LogP contribution in [0.25, 0.3) is 11.3 Å². The van der Waals surface area contributed by atoms with Gasteiger partial charge < -0.3 is 15.1 Å². The highest BCUT2D eigenvalue weighted by atomic mass is 19.1. The number of benzene rings is 1. The highest BCUT2D eigenvalue weighted by Gasteiger charge is 2.40. The number of piperidine rings is 1. The second kappa shape index (κ2) is 5.21. The maximum atomic E-state index is 13.2. The number of rotatable bonds is 3. The van der Waals surface area contributed by atoms with Gasteiger partial charge in [-0.1, -0.05) is 12.1 Å². The lowest BCUT2D eigenvalue weighted by atomic mass is 10.0. The lowest BCUT2D eigenvalue weighted by Crippen LogP contribution is -2.44. The van der Waals surface area contributed by atoms with Crippen LogP contribution >= 0.6 is 0 Å². The molecule has 2 N–H and O–H groups in total. The fourth-order valence-electron chi connectivity index (χ4n) is 3.40. The first-order valence-electron chi connectivity index (χ1n) is 7.45. The van der Waals surface area contributed by atoms with Crippen molar-refractivity contribution in [2.45, 2.75) is 24.9 Å². The Morgan fingerprint density at radius 3 is 3.05 bits per heavy atom. The predicted molar refractivity (Wildman–Crippen MR) is 77.7 cm³/mol. The molecular formula is C16H16FN3O2. The summed E-state index contributed by atoms with van der Waals surface area (Å²) in [5, 5.41) is 6.40. The Kier molecular flexibility index (Phi) is 3.18. The van der Waals surface area contributed by atoms with Crippen LogP contribution in [-0.2, 0) is 0 Å². The van der Waals surface area contributed by atoms with Crippen molar-refractivity contribution in [3.8, 4) is 11.3 Å². The van der Waals surface area contributed by atoms with Crippen LogP contribution in [0.4, 0.5) is 4.39 Å². The zero-order chi connectivity index (χ0) is 15.1. The van der Waals surface area contributed by atoms with Gasteiger partial charge in [0, 0.05) is 24.2 Å². The summed E-state index contributed by atoms with van der Waals surface area (Å²) in [6.45, 7) is 0.954. The van der Waals surface area contributed by atoms with Gasteiger partial charge in [-0.3, -0.25) is 4.79 Å². The molecule has 1 aliphatic carbocycles. The average Bonchev–Trinajstić information content (AvgIpc) is 3.23. The van der Waals surface area contributed by atoms with Crippen LogP contribution in [0.2, 0.25) is 0 Å². The van der Waals surface area contributed by atoms with Crippen molar-refractivity contribution in [1.29, 1.82) is 0 Å². The third-order valence-electron chi connectivity index (χ3n) is 4.49. The Balaban J connectivity index is 1.48. The fourth-order valence-corrected chi connectivity index (χ4v) is 3.40. The monoisotopic (exact) mass is 301 g/mol. The van der Waals surface area contributed by atoms with E-state index in [0.29, 0.717) is 23.3 Å². The SMILES string of the molecule is O=C(NC1CC2CC1CN2)c1ncc(-c2cccc(F)c2)o1. The van der Waals surface area contributed by atoms with Crippen LogP contribution in [0.1, 0.15) is 23.5 Å². The molecule has 2 fully saturated rings. The van der Waals surface area contributed by atoms with E-state index in [4.69, 9.17) is 4.42 Å². The Labute approximate surface area is 126 Å². The predicted octanol–water partition coefficient (Wildman–Crippen LogP) is 1.96. The van der Waals surface area contributed by atoms with Crippen LogP contribution in [0.3, 0.4) is 0 Å². The molecule has 1 saturated heterocycles. The van der Waals surface area contributed by atoms with E-state index < -0.39 is 0 Å². The molecule has 2 aliphatic rings. The van der Waals surface area contributed by atoms with Gasteiger partial charge in [0.1, 0.15) is 5.82 Å². The van der Waals surface area contributed by atoms with Crippen LogP contribution in [0, 0.1) is 11.7 Å². The van der Waals surface area contributed by atoms with Gasteiger partial charge in [-0.05, 0) is 30.9 Å². The van der Waals surface area contributed by atoms with E-state index in [1.807, 2.05) is 0 Å². The molecule has 1 aliphatic heterocycles. The molecular weight excluding hydrogens is 285 g/mol.